The van der Waals surface area contributed by atoms with Crippen LogP contribution in [-0.4, -0.2) is 52.3 Å². The van der Waals surface area contributed by atoms with Gasteiger partial charge in [0.15, 0.2) is 10.9 Å². The Balaban J connectivity index is 0.00000210. The van der Waals surface area contributed by atoms with Gasteiger partial charge in [-0.25, -0.2) is 4.98 Å². The first kappa shape index (κ1) is 20.4. The van der Waals surface area contributed by atoms with Crippen molar-refractivity contribution in [3.05, 3.63) is 23.5 Å². The average molecular weight is 502 g/mol. The van der Waals surface area contributed by atoms with Gasteiger partial charge in [-0.2, -0.15) is 0 Å². The van der Waals surface area contributed by atoms with E-state index in [0.29, 0.717) is 12.5 Å². The van der Waals surface area contributed by atoms with Crippen LogP contribution in [0.3, 0.4) is 0 Å². The molecule has 2 N–H and O–H groups in total. The molecule has 1 unspecified atom stereocenters. The minimum Gasteiger partial charge on any atom is -0.352 e. The van der Waals surface area contributed by atoms with E-state index < -0.39 is 0 Å². The third-order valence-corrected chi connectivity index (χ3v) is 6.12. The van der Waals surface area contributed by atoms with Crippen LogP contribution in [0, 0.1) is 5.92 Å². The van der Waals surface area contributed by atoms with Crippen molar-refractivity contribution < 1.29 is 4.79 Å². The number of hydrogen-bond acceptors (Lipinski definition) is 4. The second-order valence-corrected chi connectivity index (χ2v) is 8.02. The fourth-order valence-corrected chi connectivity index (χ4v) is 4.65. The number of aliphatic imine (C=N–C) groups is 1. The number of halogens is 1. The molecule has 7 nitrogen and oxygen atoms in total. The fourth-order valence-electron chi connectivity index (χ4n) is 3.93. The molecule has 0 radical (unpaired) electrons. The van der Waals surface area contributed by atoms with Gasteiger partial charge in [-0.3, -0.25) is 14.2 Å². The molecule has 1 aliphatic carbocycles. The Morgan fingerprint density at radius 2 is 2.19 bits per heavy atom. The Morgan fingerprint density at radius 3 is 2.93 bits per heavy atom. The second-order valence-electron chi connectivity index (χ2n) is 7.15. The highest BCUT2D eigenvalue weighted by Gasteiger charge is 2.32. The van der Waals surface area contributed by atoms with E-state index in [9.17, 15) is 4.79 Å². The minimum atomic E-state index is 0. The number of imidazole rings is 1. The molecule has 0 spiro atoms. The Kier molecular flexibility index (Phi) is 6.96. The molecular formula is C18H27IN6OS. The lowest BCUT2D eigenvalue weighted by atomic mass is 10.1. The predicted octanol–water partition coefficient (Wildman–Crippen LogP) is 2.47. The third-order valence-electron chi connectivity index (χ3n) is 5.35. The van der Waals surface area contributed by atoms with E-state index in [4.69, 9.17) is 0 Å². The Morgan fingerprint density at radius 1 is 1.37 bits per heavy atom. The van der Waals surface area contributed by atoms with Gasteiger partial charge in [0, 0.05) is 49.9 Å². The van der Waals surface area contributed by atoms with Crippen LogP contribution in [0.2, 0.25) is 0 Å². The molecule has 1 atom stereocenters. The summed E-state index contributed by atoms with van der Waals surface area (Å²) in [6.07, 6.45) is 9.56. The van der Waals surface area contributed by atoms with Crippen LogP contribution in [-0.2, 0) is 11.3 Å². The lowest BCUT2D eigenvalue weighted by Crippen LogP contribution is -2.45. The molecule has 27 heavy (non-hydrogen) atoms. The van der Waals surface area contributed by atoms with Crippen LogP contribution in [0.1, 0.15) is 37.8 Å². The molecule has 0 bridgehead atoms. The van der Waals surface area contributed by atoms with Crippen LogP contribution >= 0.6 is 35.3 Å². The summed E-state index contributed by atoms with van der Waals surface area (Å²) in [4.78, 5) is 24.5. The van der Waals surface area contributed by atoms with Crippen molar-refractivity contribution in [2.45, 2.75) is 44.7 Å². The zero-order valence-electron chi connectivity index (χ0n) is 15.6. The van der Waals surface area contributed by atoms with Gasteiger partial charge in [0.25, 0.3) is 0 Å². The van der Waals surface area contributed by atoms with Crippen LogP contribution < -0.4 is 10.6 Å². The molecule has 2 aliphatic rings. The number of hydrogen-bond donors (Lipinski definition) is 2. The largest absolute Gasteiger partial charge is 0.352 e. The maximum Gasteiger partial charge on any atom is 0.225 e. The van der Waals surface area contributed by atoms with Crippen molar-refractivity contribution in [1.29, 1.82) is 0 Å². The lowest BCUT2D eigenvalue weighted by Gasteiger charge is -2.21. The van der Waals surface area contributed by atoms with Crippen molar-refractivity contribution in [2.24, 2.45) is 10.9 Å². The van der Waals surface area contributed by atoms with Gasteiger partial charge in [-0.15, -0.1) is 35.3 Å². The summed E-state index contributed by atoms with van der Waals surface area (Å²) in [5.41, 5.74) is 0.990. The number of amides is 1. The van der Waals surface area contributed by atoms with Gasteiger partial charge < -0.3 is 15.5 Å². The van der Waals surface area contributed by atoms with Crippen LogP contribution in [0.4, 0.5) is 0 Å². The molecule has 148 valence electrons. The lowest BCUT2D eigenvalue weighted by molar-refractivity contribution is -0.134. The van der Waals surface area contributed by atoms with Crippen molar-refractivity contribution in [3.63, 3.8) is 0 Å². The molecule has 4 rings (SSSR count). The second kappa shape index (κ2) is 9.22. The summed E-state index contributed by atoms with van der Waals surface area (Å²) in [6.45, 7) is 2.25. The van der Waals surface area contributed by atoms with E-state index in [0.717, 1.165) is 49.0 Å². The summed E-state index contributed by atoms with van der Waals surface area (Å²) < 4.78 is 2.03. The predicted molar refractivity (Wildman–Crippen MR) is 119 cm³/mol. The van der Waals surface area contributed by atoms with E-state index in [2.05, 4.69) is 20.6 Å². The monoisotopic (exact) mass is 502 g/mol. The van der Waals surface area contributed by atoms with Crippen molar-refractivity contribution in [1.82, 2.24) is 24.9 Å². The number of thiazole rings is 1. The highest BCUT2D eigenvalue weighted by molar-refractivity contribution is 14.0. The smallest absolute Gasteiger partial charge is 0.225 e. The Labute approximate surface area is 180 Å². The fraction of sp³-hybridized carbons (Fsp3) is 0.611. The standard InChI is InChI=1S/C18H26N6OS.HI/c1-19-17(20-10-15-12-24-8-9-26-18(24)22-15)21-14-6-7-23(11-14)16(25)13-4-2-3-5-13;/h8-9,12-14H,2-7,10-11H2,1H3,(H2,19,20,21);1H. The highest BCUT2D eigenvalue weighted by atomic mass is 127. The molecule has 0 aromatic carbocycles. The van der Waals surface area contributed by atoms with Crippen molar-refractivity contribution in [3.8, 4) is 0 Å². The van der Waals surface area contributed by atoms with Crippen molar-refractivity contribution >= 4 is 52.1 Å². The number of likely N-dealkylation sites (tertiary alicyclic amines) is 1. The molecule has 1 aliphatic heterocycles. The van der Waals surface area contributed by atoms with Gasteiger partial charge in [0.05, 0.1) is 12.2 Å². The number of nitrogens with one attached hydrogen (secondary N) is 2. The molecule has 9 heteroatoms. The first-order chi connectivity index (χ1) is 12.7. The van der Waals surface area contributed by atoms with Gasteiger partial charge in [0.2, 0.25) is 5.91 Å². The molecule has 2 aromatic heterocycles. The number of carbonyl (C=O) groups is 1. The molecule has 1 saturated heterocycles. The SMILES string of the molecule is CN=C(NCc1cn2ccsc2n1)NC1CCN(C(=O)C2CCCC2)C1.I. The zero-order valence-corrected chi connectivity index (χ0v) is 18.7. The number of guanidine groups is 1. The van der Waals surface area contributed by atoms with E-state index in [-0.39, 0.29) is 35.9 Å². The van der Waals surface area contributed by atoms with Gasteiger partial charge in [0.1, 0.15) is 0 Å². The van der Waals surface area contributed by atoms with E-state index in [1.54, 1.807) is 18.4 Å². The topological polar surface area (TPSA) is 74.0 Å². The van der Waals surface area contributed by atoms with Gasteiger partial charge in [-0.05, 0) is 19.3 Å². The van der Waals surface area contributed by atoms with E-state index >= 15 is 0 Å². The minimum absolute atomic E-state index is 0. The summed E-state index contributed by atoms with van der Waals surface area (Å²) in [5, 5.41) is 8.81. The average Bonchev–Trinajstić information content (AvgIpc) is 3.42. The molecule has 1 amide bonds. The maximum atomic E-state index is 12.6. The Hall–Kier alpha value is -1.36. The Bertz CT molecular complexity index is 768. The van der Waals surface area contributed by atoms with E-state index in [1.165, 1.54) is 12.8 Å². The third kappa shape index (κ3) is 4.74. The first-order valence-electron chi connectivity index (χ1n) is 9.40. The summed E-state index contributed by atoms with van der Waals surface area (Å²) in [7, 11) is 1.78. The van der Waals surface area contributed by atoms with Crippen LogP contribution in [0.15, 0.2) is 22.8 Å². The molecule has 1 saturated carbocycles. The number of fused-ring (bicyclic) bond motifs is 1. The number of carbonyl (C=O) groups excluding carboxylic acids is 1. The molecule has 2 aromatic rings. The number of nitrogens with zero attached hydrogens (tertiary/aromatic N) is 4. The maximum absolute atomic E-state index is 12.6. The quantitative estimate of drug-likeness (QED) is 0.383. The molecule has 3 heterocycles. The zero-order chi connectivity index (χ0) is 17.9. The summed E-state index contributed by atoms with van der Waals surface area (Å²) >= 11 is 1.63. The number of rotatable bonds is 4. The first-order valence-corrected chi connectivity index (χ1v) is 10.3. The highest BCUT2D eigenvalue weighted by Crippen LogP contribution is 2.27. The normalized spacial score (nSPS) is 20.9. The molecule has 2 fully saturated rings. The van der Waals surface area contributed by atoms with Gasteiger partial charge >= 0.3 is 0 Å². The number of aromatic nitrogens is 2. The van der Waals surface area contributed by atoms with E-state index in [1.807, 2.05) is 27.1 Å². The van der Waals surface area contributed by atoms with Gasteiger partial charge in [-0.1, -0.05) is 12.8 Å². The molecular weight excluding hydrogens is 475 g/mol. The van der Waals surface area contributed by atoms with Crippen molar-refractivity contribution in [2.75, 3.05) is 20.1 Å². The van der Waals surface area contributed by atoms with Crippen LogP contribution in [0.25, 0.3) is 4.96 Å². The summed E-state index contributed by atoms with van der Waals surface area (Å²) in [6, 6.07) is 0.261. The summed E-state index contributed by atoms with van der Waals surface area (Å²) in [5.74, 6) is 1.38. The van der Waals surface area contributed by atoms with Crippen LogP contribution in [0.5, 0.6) is 0 Å².